The zero-order chi connectivity index (χ0) is 11.4. The molecule has 6 heteroatoms. The lowest BCUT2D eigenvalue weighted by atomic mass is 10.1. The molecule has 4 nitrogen and oxygen atoms in total. The van der Waals surface area contributed by atoms with Crippen molar-refractivity contribution < 1.29 is 18.3 Å². The predicted octanol–water partition coefficient (Wildman–Crippen LogP) is 1.30. The van der Waals surface area contributed by atoms with Crippen LogP contribution >= 0.6 is 0 Å². The zero-order valence-corrected chi connectivity index (χ0v) is 8.04. The Labute approximate surface area is 85.1 Å². The second kappa shape index (κ2) is 4.79. The van der Waals surface area contributed by atoms with Crippen LogP contribution < -0.4 is 10.5 Å². The Morgan fingerprint density at radius 3 is 2.73 bits per heavy atom. The Bertz CT molecular complexity index is 369. The first-order chi connectivity index (χ1) is 7.13. The van der Waals surface area contributed by atoms with Gasteiger partial charge in [0.1, 0.15) is 0 Å². The summed E-state index contributed by atoms with van der Waals surface area (Å²) in [6.07, 6.45) is -2.29. The number of alkyl halides is 2. The van der Waals surface area contributed by atoms with Gasteiger partial charge in [-0.2, -0.15) is 0 Å². The van der Waals surface area contributed by atoms with Crippen molar-refractivity contribution in [3.63, 3.8) is 0 Å². The van der Waals surface area contributed by atoms with Crippen LogP contribution in [0.4, 0.5) is 8.78 Å². The molecule has 0 saturated carbocycles. The number of nitrogens with two attached hydrogens (primary N) is 1. The molecule has 2 N–H and O–H groups in total. The van der Waals surface area contributed by atoms with Crippen LogP contribution in [0.25, 0.3) is 0 Å². The number of aldehydes is 1. The highest BCUT2D eigenvalue weighted by atomic mass is 19.3. The van der Waals surface area contributed by atoms with Gasteiger partial charge in [-0.3, -0.25) is 4.79 Å². The SMILES string of the molecule is COc1nc(CN)c(C(F)F)cc1C=O. The third kappa shape index (κ3) is 2.27. The molecule has 0 unspecified atom stereocenters. The average Bonchev–Trinajstić information content (AvgIpc) is 2.26. The summed E-state index contributed by atoms with van der Waals surface area (Å²) in [7, 11) is 1.30. The van der Waals surface area contributed by atoms with E-state index in [1.165, 1.54) is 7.11 Å². The van der Waals surface area contributed by atoms with Crippen LogP contribution in [0.5, 0.6) is 5.88 Å². The molecule has 1 rings (SSSR count). The maximum Gasteiger partial charge on any atom is 0.265 e. The van der Waals surface area contributed by atoms with Gasteiger partial charge in [0.15, 0.2) is 6.29 Å². The van der Waals surface area contributed by atoms with Gasteiger partial charge in [-0.1, -0.05) is 0 Å². The van der Waals surface area contributed by atoms with Gasteiger partial charge in [-0.05, 0) is 6.07 Å². The molecule has 0 aliphatic heterocycles. The summed E-state index contributed by atoms with van der Waals surface area (Å²) >= 11 is 0. The van der Waals surface area contributed by atoms with E-state index in [9.17, 15) is 13.6 Å². The molecule has 0 radical (unpaired) electrons. The molecule has 1 aromatic heterocycles. The maximum atomic E-state index is 12.5. The van der Waals surface area contributed by atoms with E-state index >= 15 is 0 Å². The van der Waals surface area contributed by atoms with Crippen molar-refractivity contribution in [2.24, 2.45) is 5.73 Å². The van der Waals surface area contributed by atoms with Crippen LogP contribution in [0.3, 0.4) is 0 Å². The number of ether oxygens (including phenoxy) is 1. The van der Waals surface area contributed by atoms with Crippen molar-refractivity contribution in [2.75, 3.05) is 7.11 Å². The highest BCUT2D eigenvalue weighted by Gasteiger charge is 2.17. The number of nitrogens with zero attached hydrogens (tertiary/aromatic N) is 1. The molecule has 0 aromatic carbocycles. The van der Waals surface area contributed by atoms with Crippen LogP contribution in [0.2, 0.25) is 0 Å². The van der Waals surface area contributed by atoms with E-state index in [4.69, 9.17) is 10.5 Å². The largest absolute Gasteiger partial charge is 0.480 e. The summed E-state index contributed by atoms with van der Waals surface area (Å²) in [5, 5.41) is 0. The third-order valence-electron chi connectivity index (χ3n) is 1.88. The van der Waals surface area contributed by atoms with Crippen LogP contribution in [0.1, 0.15) is 28.0 Å². The summed E-state index contributed by atoms with van der Waals surface area (Å²) < 4.78 is 29.8. The average molecular weight is 216 g/mol. The number of hydrogen-bond donors (Lipinski definition) is 1. The fourth-order valence-electron chi connectivity index (χ4n) is 1.16. The lowest BCUT2D eigenvalue weighted by Crippen LogP contribution is -2.08. The van der Waals surface area contributed by atoms with Gasteiger partial charge in [0.05, 0.1) is 18.4 Å². The molecular weight excluding hydrogens is 206 g/mol. The molecule has 0 aliphatic carbocycles. The molecule has 0 spiro atoms. The predicted molar refractivity (Wildman–Crippen MR) is 49.0 cm³/mol. The first kappa shape index (κ1) is 11.5. The topological polar surface area (TPSA) is 65.2 Å². The van der Waals surface area contributed by atoms with Crippen molar-refractivity contribution in [1.82, 2.24) is 4.98 Å². The summed E-state index contributed by atoms with van der Waals surface area (Å²) in [6.45, 7) is -0.130. The molecular formula is C9H10F2N2O2. The summed E-state index contributed by atoms with van der Waals surface area (Å²) in [6, 6.07) is 1.05. The molecule has 0 aliphatic rings. The number of carbonyl (C=O) groups is 1. The van der Waals surface area contributed by atoms with Crippen LogP contribution in [-0.4, -0.2) is 18.4 Å². The minimum Gasteiger partial charge on any atom is -0.480 e. The summed E-state index contributed by atoms with van der Waals surface area (Å²) in [5.41, 5.74) is 4.96. The van der Waals surface area contributed by atoms with Gasteiger partial charge in [0.25, 0.3) is 6.43 Å². The highest BCUT2D eigenvalue weighted by Crippen LogP contribution is 2.26. The highest BCUT2D eigenvalue weighted by molar-refractivity contribution is 5.78. The zero-order valence-electron chi connectivity index (χ0n) is 8.04. The van der Waals surface area contributed by atoms with E-state index in [1.54, 1.807) is 0 Å². The Morgan fingerprint density at radius 2 is 2.33 bits per heavy atom. The van der Waals surface area contributed by atoms with Crippen molar-refractivity contribution in [2.45, 2.75) is 13.0 Å². The number of aromatic nitrogens is 1. The molecule has 1 aromatic rings. The molecule has 1 heterocycles. The van der Waals surface area contributed by atoms with Gasteiger partial charge >= 0.3 is 0 Å². The lowest BCUT2D eigenvalue weighted by molar-refractivity contribution is 0.111. The van der Waals surface area contributed by atoms with E-state index in [0.717, 1.165) is 6.07 Å². The first-order valence-corrected chi connectivity index (χ1v) is 4.15. The van der Waals surface area contributed by atoms with E-state index in [0.29, 0.717) is 6.29 Å². The second-order valence-corrected chi connectivity index (χ2v) is 2.75. The van der Waals surface area contributed by atoms with Crippen molar-refractivity contribution >= 4 is 6.29 Å². The number of pyridine rings is 1. The van der Waals surface area contributed by atoms with E-state index in [2.05, 4.69) is 4.98 Å². The standard InChI is InChI=1S/C9H10F2N2O2/c1-15-9-5(4-14)2-6(8(10)11)7(3-12)13-9/h2,4,8H,3,12H2,1H3. The number of carbonyl (C=O) groups excluding carboxylic acids is 1. The van der Waals surface area contributed by atoms with Crippen molar-refractivity contribution in [3.05, 3.63) is 22.9 Å². The number of methoxy groups -OCH3 is 1. The van der Waals surface area contributed by atoms with Crippen LogP contribution in [0, 0.1) is 0 Å². The van der Waals surface area contributed by atoms with E-state index in [-0.39, 0.29) is 29.2 Å². The monoisotopic (exact) mass is 216 g/mol. The number of rotatable bonds is 4. The second-order valence-electron chi connectivity index (χ2n) is 2.75. The minimum atomic E-state index is -2.71. The summed E-state index contributed by atoms with van der Waals surface area (Å²) in [4.78, 5) is 14.3. The van der Waals surface area contributed by atoms with Crippen molar-refractivity contribution in [1.29, 1.82) is 0 Å². The van der Waals surface area contributed by atoms with Crippen molar-refractivity contribution in [3.8, 4) is 5.88 Å². The molecule has 0 atom stereocenters. The Balaban J connectivity index is 3.33. The van der Waals surface area contributed by atoms with E-state index < -0.39 is 6.43 Å². The number of hydrogen-bond acceptors (Lipinski definition) is 4. The fraction of sp³-hybridized carbons (Fsp3) is 0.333. The fourth-order valence-corrected chi connectivity index (χ4v) is 1.16. The maximum absolute atomic E-state index is 12.5. The van der Waals surface area contributed by atoms with Gasteiger partial charge in [-0.15, -0.1) is 0 Å². The van der Waals surface area contributed by atoms with Gasteiger partial charge in [0.2, 0.25) is 5.88 Å². The molecule has 0 bridgehead atoms. The quantitative estimate of drug-likeness (QED) is 0.770. The molecule has 0 saturated heterocycles. The Hall–Kier alpha value is -1.56. The lowest BCUT2D eigenvalue weighted by Gasteiger charge is -2.09. The van der Waals surface area contributed by atoms with Crippen LogP contribution in [-0.2, 0) is 6.54 Å². The summed E-state index contributed by atoms with van der Waals surface area (Å²) in [5.74, 6) is 0.00912. The minimum absolute atomic E-state index is 0.00912. The van der Waals surface area contributed by atoms with Gasteiger partial charge in [0, 0.05) is 12.1 Å². The van der Waals surface area contributed by atoms with Crippen LogP contribution in [0.15, 0.2) is 6.07 Å². The smallest absolute Gasteiger partial charge is 0.265 e. The van der Waals surface area contributed by atoms with E-state index in [1.807, 2.05) is 0 Å². The molecule has 0 fully saturated rings. The molecule has 0 amide bonds. The van der Waals surface area contributed by atoms with Gasteiger partial charge < -0.3 is 10.5 Å². The molecule has 82 valence electrons. The first-order valence-electron chi connectivity index (χ1n) is 4.15. The van der Waals surface area contributed by atoms with Gasteiger partial charge in [-0.25, -0.2) is 13.8 Å². The Kier molecular flexibility index (Phi) is 3.68. The third-order valence-corrected chi connectivity index (χ3v) is 1.88. The molecule has 15 heavy (non-hydrogen) atoms. The number of halogens is 2. The normalized spacial score (nSPS) is 10.5. The Morgan fingerprint density at radius 1 is 1.67 bits per heavy atom.